The van der Waals surface area contributed by atoms with Crippen LogP contribution in [0.2, 0.25) is 0 Å². The van der Waals surface area contributed by atoms with Gasteiger partial charge in [0.1, 0.15) is 0 Å². The van der Waals surface area contributed by atoms with Crippen LogP contribution in [-0.2, 0) is 0 Å². The molecule has 54 heavy (non-hydrogen) atoms. The lowest BCUT2D eigenvalue weighted by atomic mass is 9.32. The number of nitrogens with zero attached hydrogens (tertiary/aromatic N) is 2. The quantitative estimate of drug-likeness (QED) is 0.165. The largest absolute Gasteiger partial charge is 0.310 e. The summed E-state index contributed by atoms with van der Waals surface area (Å²) in [6.45, 7) is 0.0878. The predicted molar refractivity (Wildman–Crippen MR) is 232 cm³/mol. The maximum atomic E-state index is 2.58. The summed E-state index contributed by atoms with van der Waals surface area (Å²) in [6.07, 6.45) is 0. The molecule has 13 rings (SSSR count). The van der Waals surface area contributed by atoms with Gasteiger partial charge >= 0.3 is 0 Å². The van der Waals surface area contributed by atoms with Gasteiger partial charge in [-0.1, -0.05) is 169 Å². The first-order valence-corrected chi connectivity index (χ1v) is 19.0. The van der Waals surface area contributed by atoms with Gasteiger partial charge in [0.25, 0.3) is 0 Å². The molecule has 2 aliphatic heterocycles. The summed E-state index contributed by atoms with van der Waals surface area (Å²) in [5.74, 6) is 0. The SMILES string of the molecule is c1ccc2c(B3c4cc5c(cc4-n4c6ccccc6c6cccc3c64)B(c3cccc4ccccc34)c3cccc4c6ccccc6n-5c34)cccc2c1. The first kappa shape index (κ1) is 28.8. The van der Waals surface area contributed by atoms with Gasteiger partial charge in [-0.15, -0.1) is 0 Å². The number of hydrogen-bond acceptors (Lipinski definition) is 0. The highest BCUT2D eigenvalue weighted by molar-refractivity contribution is 7.01. The van der Waals surface area contributed by atoms with Crippen LogP contribution in [0.5, 0.6) is 0 Å². The van der Waals surface area contributed by atoms with Crippen molar-refractivity contribution in [3.05, 3.63) is 182 Å². The van der Waals surface area contributed by atoms with E-state index < -0.39 is 0 Å². The molecule has 9 aromatic carbocycles. The Labute approximate surface area is 312 Å². The second-order valence-corrected chi connectivity index (χ2v) is 15.2. The van der Waals surface area contributed by atoms with E-state index >= 15 is 0 Å². The summed E-state index contributed by atoms with van der Waals surface area (Å²) in [5.41, 5.74) is 15.8. The maximum absolute atomic E-state index is 2.58. The number of fused-ring (bicyclic) bond motifs is 12. The van der Waals surface area contributed by atoms with E-state index in [2.05, 4.69) is 191 Å². The molecule has 0 saturated carbocycles. The van der Waals surface area contributed by atoms with Gasteiger partial charge in [-0.25, -0.2) is 0 Å². The first-order valence-electron chi connectivity index (χ1n) is 19.0. The van der Waals surface area contributed by atoms with E-state index in [1.807, 2.05) is 0 Å². The van der Waals surface area contributed by atoms with Crippen LogP contribution in [0.1, 0.15) is 0 Å². The van der Waals surface area contributed by atoms with Crippen LogP contribution in [0.4, 0.5) is 0 Å². The van der Waals surface area contributed by atoms with Gasteiger partial charge < -0.3 is 9.13 Å². The molecule has 0 atom stereocenters. The molecule has 0 unspecified atom stereocenters. The first-order chi connectivity index (χ1) is 26.8. The normalized spacial score (nSPS) is 13.1. The number of hydrogen-bond donors (Lipinski definition) is 0. The van der Waals surface area contributed by atoms with Crippen LogP contribution >= 0.6 is 0 Å². The van der Waals surface area contributed by atoms with Crippen LogP contribution < -0.4 is 32.8 Å². The summed E-state index contributed by atoms with van der Waals surface area (Å²) >= 11 is 0. The Morgan fingerprint density at radius 3 is 1.11 bits per heavy atom. The smallest absolute Gasteiger partial charge is 0.247 e. The summed E-state index contributed by atoms with van der Waals surface area (Å²) in [6, 6.07) is 68.6. The highest BCUT2D eigenvalue weighted by Crippen LogP contribution is 2.37. The Bertz CT molecular complexity index is 3180. The molecule has 0 radical (unpaired) electrons. The molecule has 4 heterocycles. The molecule has 0 spiro atoms. The molecule has 2 aromatic heterocycles. The van der Waals surface area contributed by atoms with Crippen LogP contribution in [0.25, 0.3) is 76.5 Å². The monoisotopic (exact) mass is 680 g/mol. The maximum Gasteiger partial charge on any atom is 0.247 e. The van der Waals surface area contributed by atoms with Crippen molar-refractivity contribution >= 4 is 111 Å². The van der Waals surface area contributed by atoms with E-state index in [1.54, 1.807) is 0 Å². The molecule has 0 bridgehead atoms. The Kier molecular flexibility index (Phi) is 5.56. The van der Waals surface area contributed by atoms with E-state index in [9.17, 15) is 0 Å². The molecule has 0 fully saturated rings. The van der Waals surface area contributed by atoms with E-state index in [4.69, 9.17) is 0 Å². The standard InChI is InChI=1S/C50H30B2N2/c1-3-17-33-31(13-1)15-9-23-39(33)51-41-25-11-21-37-35-19-5-7-27-45(35)53(49(37)41)47-30-44-48(29-43(47)51)54-46-28-8-6-20-36(46)38-22-12-26-42(50(38)54)52(44)40-24-10-16-32-14-2-4-18-34(32)40/h1-30H. The summed E-state index contributed by atoms with van der Waals surface area (Å²) in [5, 5.41) is 10.4. The molecule has 2 nitrogen and oxygen atoms in total. The molecule has 2 aliphatic rings. The topological polar surface area (TPSA) is 9.86 Å². The van der Waals surface area contributed by atoms with E-state index in [0.29, 0.717) is 0 Å². The zero-order valence-corrected chi connectivity index (χ0v) is 29.4. The second-order valence-electron chi connectivity index (χ2n) is 15.2. The summed E-state index contributed by atoms with van der Waals surface area (Å²) in [4.78, 5) is 0. The summed E-state index contributed by atoms with van der Waals surface area (Å²) < 4.78 is 5.17. The minimum absolute atomic E-state index is 0.0439. The van der Waals surface area contributed by atoms with Crippen molar-refractivity contribution in [1.82, 2.24) is 9.13 Å². The molecule has 0 amide bonds. The molecule has 4 heteroatoms. The Balaban J connectivity index is 1.24. The Hall–Kier alpha value is -6.77. The number of rotatable bonds is 2. The molecule has 0 saturated heterocycles. The van der Waals surface area contributed by atoms with Gasteiger partial charge in [0, 0.05) is 44.0 Å². The zero-order valence-electron chi connectivity index (χ0n) is 29.4. The molecule has 246 valence electrons. The second kappa shape index (κ2) is 10.4. The van der Waals surface area contributed by atoms with Crippen molar-refractivity contribution < 1.29 is 0 Å². The molecular weight excluding hydrogens is 650 g/mol. The van der Waals surface area contributed by atoms with Gasteiger partial charge in [-0.3, -0.25) is 0 Å². The van der Waals surface area contributed by atoms with Gasteiger partial charge in [-0.2, -0.15) is 0 Å². The van der Waals surface area contributed by atoms with Gasteiger partial charge in [0.05, 0.1) is 11.0 Å². The minimum Gasteiger partial charge on any atom is -0.310 e. The van der Waals surface area contributed by atoms with E-state index in [0.717, 1.165) is 0 Å². The van der Waals surface area contributed by atoms with Crippen LogP contribution in [0.3, 0.4) is 0 Å². The average molecular weight is 680 g/mol. The number of para-hydroxylation sites is 4. The van der Waals surface area contributed by atoms with E-state index in [-0.39, 0.29) is 13.4 Å². The minimum atomic E-state index is 0.0439. The third-order valence-electron chi connectivity index (χ3n) is 12.6. The third-order valence-corrected chi connectivity index (χ3v) is 12.6. The molecule has 0 N–H and O–H groups in total. The number of benzene rings is 9. The Morgan fingerprint density at radius 2 is 0.630 bits per heavy atom. The summed E-state index contributed by atoms with van der Waals surface area (Å²) in [7, 11) is 0. The van der Waals surface area contributed by atoms with E-state index in [1.165, 1.54) is 109 Å². The van der Waals surface area contributed by atoms with Crippen LogP contribution in [0.15, 0.2) is 182 Å². The lowest BCUT2D eigenvalue weighted by Crippen LogP contribution is -2.60. The molecule has 11 aromatic rings. The van der Waals surface area contributed by atoms with Crippen molar-refractivity contribution in [2.45, 2.75) is 0 Å². The fourth-order valence-electron chi connectivity index (χ4n) is 10.5. The lowest BCUT2D eigenvalue weighted by molar-refractivity contribution is 1.16. The lowest BCUT2D eigenvalue weighted by Gasteiger charge is -2.33. The zero-order chi connectivity index (χ0) is 35.1. The predicted octanol–water partition coefficient (Wildman–Crippen LogP) is 7.85. The number of aromatic nitrogens is 2. The Morgan fingerprint density at radius 1 is 0.278 bits per heavy atom. The average Bonchev–Trinajstić information content (AvgIpc) is 3.76. The van der Waals surface area contributed by atoms with Gasteiger partial charge in [0.15, 0.2) is 0 Å². The fraction of sp³-hybridized carbons (Fsp3) is 0. The van der Waals surface area contributed by atoms with Crippen molar-refractivity contribution in [3.63, 3.8) is 0 Å². The highest BCUT2D eigenvalue weighted by Gasteiger charge is 2.40. The molecule has 0 aliphatic carbocycles. The van der Waals surface area contributed by atoms with Gasteiger partial charge in [0.2, 0.25) is 13.4 Å². The highest BCUT2D eigenvalue weighted by atomic mass is 15.0. The van der Waals surface area contributed by atoms with Crippen molar-refractivity contribution in [2.75, 3.05) is 0 Å². The van der Waals surface area contributed by atoms with Crippen LogP contribution in [0, 0.1) is 0 Å². The van der Waals surface area contributed by atoms with Gasteiger partial charge in [-0.05, 0) is 67.7 Å². The van der Waals surface area contributed by atoms with Crippen molar-refractivity contribution in [1.29, 1.82) is 0 Å². The third kappa shape index (κ3) is 3.58. The van der Waals surface area contributed by atoms with Crippen molar-refractivity contribution in [3.8, 4) is 11.4 Å². The van der Waals surface area contributed by atoms with Crippen LogP contribution in [-0.4, -0.2) is 22.6 Å². The fourth-order valence-corrected chi connectivity index (χ4v) is 10.5. The molecular formula is C50H30B2N2. The van der Waals surface area contributed by atoms with Crippen molar-refractivity contribution in [2.24, 2.45) is 0 Å².